The molecule has 1 fully saturated rings. The van der Waals surface area contributed by atoms with Gasteiger partial charge in [-0.25, -0.2) is 0 Å². The summed E-state index contributed by atoms with van der Waals surface area (Å²) in [5.74, 6) is -0.421. The zero-order valence-electron chi connectivity index (χ0n) is 5.95. The first kappa shape index (κ1) is 7.96. The van der Waals surface area contributed by atoms with Gasteiger partial charge < -0.3 is 5.11 Å². The summed E-state index contributed by atoms with van der Waals surface area (Å²) in [7, 11) is 2.46. The van der Waals surface area contributed by atoms with Crippen molar-refractivity contribution in [2.24, 2.45) is 5.92 Å². The first-order valence-electron chi connectivity index (χ1n) is 3.37. The van der Waals surface area contributed by atoms with E-state index in [1.807, 2.05) is 11.6 Å². The van der Waals surface area contributed by atoms with Crippen LogP contribution in [0, 0.1) is 5.92 Å². The summed E-state index contributed by atoms with van der Waals surface area (Å²) in [6, 6.07) is -0.287. The summed E-state index contributed by atoms with van der Waals surface area (Å²) < 4.78 is 1.81. The fourth-order valence-corrected chi connectivity index (χ4v) is 1.93. The highest BCUT2D eigenvalue weighted by molar-refractivity contribution is 7.13. The van der Waals surface area contributed by atoms with Gasteiger partial charge in [0.1, 0.15) is 6.04 Å². The minimum absolute atomic E-state index is 0.287. The average Bonchev–Trinajstić information content (AvgIpc) is 2.11. The number of rotatable bonds is 1. The molecule has 0 aromatic heterocycles. The first-order valence-corrected chi connectivity index (χ1v) is 3.88. The fourth-order valence-electron chi connectivity index (χ4n) is 1.36. The van der Waals surface area contributed by atoms with Crippen LogP contribution < -0.4 is 0 Å². The van der Waals surface area contributed by atoms with Gasteiger partial charge in [0.25, 0.3) is 0 Å². The standard InChI is InChI=1S/C6H12NO2P/c1-4-2-3-7(10)5(4)6(8)9/h4-5H,2-3,10H2,1H3,(H,8,9)/t4?,5-/m0/s1. The van der Waals surface area contributed by atoms with Crippen molar-refractivity contribution >= 4 is 15.4 Å². The Morgan fingerprint density at radius 3 is 2.60 bits per heavy atom. The summed E-state index contributed by atoms with van der Waals surface area (Å²) in [6.07, 6.45) is 0.987. The molecule has 0 amide bonds. The third kappa shape index (κ3) is 1.30. The molecule has 10 heavy (non-hydrogen) atoms. The van der Waals surface area contributed by atoms with E-state index < -0.39 is 5.97 Å². The molecule has 1 aliphatic rings. The molecule has 0 spiro atoms. The van der Waals surface area contributed by atoms with Crippen molar-refractivity contribution < 1.29 is 9.90 Å². The molecule has 3 atom stereocenters. The second-order valence-electron chi connectivity index (χ2n) is 2.79. The van der Waals surface area contributed by atoms with Crippen molar-refractivity contribution in [2.75, 3.05) is 6.54 Å². The van der Waals surface area contributed by atoms with Gasteiger partial charge in [-0.15, -0.1) is 0 Å². The van der Waals surface area contributed by atoms with Gasteiger partial charge in [-0.05, 0) is 12.3 Å². The number of carboxylic acid groups (broad SMARTS) is 1. The predicted molar refractivity (Wildman–Crippen MR) is 41.6 cm³/mol. The van der Waals surface area contributed by atoms with Gasteiger partial charge in [-0.1, -0.05) is 16.3 Å². The molecule has 0 aromatic carbocycles. The van der Waals surface area contributed by atoms with Crippen LogP contribution in [0.2, 0.25) is 0 Å². The number of aliphatic carboxylic acids is 1. The molecule has 1 aliphatic heterocycles. The maximum atomic E-state index is 10.6. The van der Waals surface area contributed by atoms with Crippen molar-refractivity contribution in [3.8, 4) is 0 Å². The first-order chi connectivity index (χ1) is 4.63. The number of carbonyl (C=O) groups is 1. The summed E-state index contributed by atoms with van der Waals surface area (Å²) in [5.41, 5.74) is 0. The van der Waals surface area contributed by atoms with Gasteiger partial charge in [-0.2, -0.15) is 0 Å². The monoisotopic (exact) mass is 161 g/mol. The van der Waals surface area contributed by atoms with E-state index in [-0.39, 0.29) is 12.0 Å². The fraction of sp³-hybridized carbons (Fsp3) is 0.833. The van der Waals surface area contributed by atoms with Crippen LogP contribution in [0.1, 0.15) is 13.3 Å². The van der Waals surface area contributed by atoms with E-state index in [1.54, 1.807) is 0 Å². The maximum absolute atomic E-state index is 10.6. The van der Waals surface area contributed by atoms with Gasteiger partial charge in [0.05, 0.1) is 0 Å². The van der Waals surface area contributed by atoms with E-state index in [0.29, 0.717) is 0 Å². The molecule has 58 valence electrons. The van der Waals surface area contributed by atoms with Crippen LogP contribution in [0.3, 0.4) is 0 Å². The Labute approximate surface area is 62.7 Å². The second-order valence-corrected chi connectivity index (χ2v) is 3.45. The lowest BCUT2D eigenvalue weighted by Gasteiger charge is -2.16. The lowest BCUT2D eigenvalue weighted by atomic mass is 10.0. The second kappa shape index (κ2) is 2.85. The normalized spacial score (nSPS) is 34.6. The van der Waals surface area contributed by atoms with E-state index in [0.717, 1.165) is 13.0 Å². The van der Waals surface area contributed by atoms with Crippen LogP contribution in [-0.4, -0.2) is 28.3 Å². The van der Waals surface area contributed by atoms with Gasteiger partial charge in [0.2, 0.25) is 0 Å². The lowest BCUT2D eigenvalue weighted by molar-refractivity contribution is -0.141. The third-order valence-electron chi connectivity index (χ3n) is 1.99. The highest BCUT2D eigenvalue weighted by Crippen LogP contribution is 2.26. The Kier molecular flexibility index (Phi) is 2.27. The highest BCUT2D eigenvalue weighted by atomic mass is 31.0. The molecule has 1 rings (SSSR count). The zero-order chi connectivity index (χ0) is 7.72. The van der Waals surface area contributed by atoms with E-state index >= 15 is 0 Å². The topological polar surface area (TPSA) is 40.5 Å². The molecule has 0 aromatic rings. The van der Waals surface area contributed by atoms with Crippen molar-refractivity contribution in [1.82, 2.24) is 4.67 Å². The van der Waals surface area contributed by atoms with Crippen molar-refractivity contribution in [2.45, 2.75) is 19.4 Å². The molecule has 0 radical (unpaired) electrons. The lowest BCUT2D eigenvalue weighted by Crippen LogP contribution is -2.32. The Hall–Kier alpha value is -0.140. The predicted octanol–water partition coefficient (Wildman–Crippen LogP) is 0.571. The number of nitrogens with zero attached hydrogens (tertiary/aromatic N) is 1. The molecule has 1 heterocycles. The number of carboxylic acids is 1. The van der Waals surface area contributed by atoms with Gasteiger partial charge in [-0.3, -0.25) is 9.46 Å². The Balaban J connectivity index is 2.63. The Morgan fingerprint density at radius 2 is 2.40 bits per heavy atom. The molecule has 1 N–H and O–H groups in total. The highest BCUT2D eigenvalue weighted by Gasteiger charge is 2.34. The van der Waals surface area contributed by atoms with Gasteiger partial charge >= 0.3 is 5.97 Å². The Bertz CT molecular complexity index is 141. The molecule has 0 bridgehead atoms. The number of hydrogen-bond donors (Lipinski definition) is 1. The van der Waals surface area contributed by atoms with E-state index in [9.17, 15) is 4.79 Å². The van der Waals surface area contributed by atoms with E-state index in [4.69, 9.17) is 5.11 Å². The molecule has 1 saturated heterocycles. The summed E-state index contributed by atoms with van der Waals surface area (Å²) >= 11 is 0. The van der Waals surface area contributed by atoms with Crippen molar-refractivity contribution in [1.29, 1.82) is 0 Å². The molecular weight excluding hydrogens is 149 g/mol. The van der Waals surface area contributed by atoms with E-state index in [2.05, 4.69) is 9.39 Å². The summed E-state index contributed by atoms with van der Waals surface area (Å²) in [5, 5.41) is 8.70. The van der Waals surface area contributed by atoms with Crippen LogP contribution in [0.15, 0.2) is 0 Å². The quantitative estimate of drug-likeness (QED) is 0.571. The van der Waals surface area contributed by atoms with Crippen molar-refractivity contribution in [3.05, 3.63) is 0 Å². The molecule has 4 heteroatoms. The molecule has 2 unspecified atom stereocenters. The minimum Gasteiger partial charge on any atom is -0.480 e. The smallest absolute Gasteiger partial charge is 0.321 e. The largest absolute Gasteiger partial charge is 0.480 e. The third-order valence-corrected chi connectivity index (χ3v) is 2.57. The SMILES string of the molecule is CC1CCN(P)[C@@H]1C(=O)O. The summed E-state index contributed by atoms with van der Waals surface area (Å²) in [6.45, 7) is 2.85. The summed E-state index contributed by atoms with van der Waals surface area (Å²) in [4.78, 5) is 10.6. The molecule has 0 aliphatic carbocycles. The van der Waals surface area contributed by atoms with Crippen LogP contribution in [-0.2, 0) is 4.79 Å². The average molecular weight is 161 g/mol. The number of hydrogen-bond acceptors (Lipinski definition) is 2. The van der Waals surface area contributed by atoms with Crippen LogP contribution in [0.25, 0.3) is 0 Å². The Morgan fingerprint density at radius 1 is 1.80 bits per heavy atom. The van der Waals surface area contributed by atoms with Gasteiger partial charge in [0.15, 0.2) is 0 Å². The molecule has 0 saturated carbocycles. The van der Waals surface area contributed by atoms with Crippen LogP contribution in [0.4, 0.5) is 0 Å². The zero-order valence-corrected chi connectivity index (χ0v) is 7.10. The van der Waals surface area contributed by atoms with Crippen molar-refractivity contribution in [3.63, 3.8) is 0 Å². The van der Waals surface area contributed by atoms with Crippen LogP contribution >= 0.6 is 9.39 Å². The molecular formula is C6H12NO2P. The van der Waals surface area contributed by atoms with Gasteiger partial charge in [0, 0.05) is 6.54 Å². The van der Waals surface area contributed by atoms with Crippen LogP contribution in [0.5, 0.6) is 0 Å². The minimum atomic E-state index is -0.708. The molecule has 3 nitrogen and oxygen atoms in total. The maximum Gasteiger partial charge on any atom is 0.321 e. The van der Waals surface area contributed by atoms with E-state index in [1.165, 1.54) is 0 Å².